The molecule has 1 aromatic heterocycles. The highest BCUT2D eigenvalue weighted by molar-refractivity contribution is 7.99. The fourth-order valence-electron chi connectivity index (χ4n) is 6.07. The van der Waals surface area contributed by atoms with Crippen molar-refractivity contribution in [3.05, 3.63) is 77.1 Å². The SMILES string of the molecule is CCS(=O)(=O)CCN(CCCCCSc1ccc(Cl)c(COC2(c3cnccc3-c3ccccc3OC3CC3)CC2)c1)C(=O)C(O)C(O)C(O)C(O)CO. The molecule has 2 saturated carbocycles. The zero-order chi connectivity index (χ0) is 38.9. The summed E-state index contributed by atoms with van der Waals surface area (Å²) in [5, 5.41) is 49.9. The fourth-order valence-corrected chi connectivity index (χ4v) is 8.01. The first kappa shape index (κ1) is 42.4. The topological polar surface area (TPSA) is 187 Å². The average molecular weight is 807 g/mol. The predicted molar refractivity (Wildman–Crippen MR) is 207 cm³/mol. The third-order valence-electron chi connectivity index (χ3n) is 9.80. The Hall–Kier alpha value is -2.79. The number of thioether (sulfide) groups is 1. The van der Waals surface area contributed by atoms with Crippen LogP contribution in [0.4, 0.5) is 0 Å². The van der Waals surface area contributed by atoms with Gasteiger partial charge in [0.1, 0.15) is 24.1 Å². The lowest BCUT2D eigenvalue weighted by atomic mass is 9.96. The van der Waals surface area contributed by atoms with Gasteiger partial charge in [0.15, 0.2) is 15.9 Å². The quantitative estimate of drug-likeness (QED) is 0.0684. The number of pyridine rings is 1. The maximum atomic E-state index is 13.0. The molecule has 12 nitrogen and oxygen atoms in total. The van der Waals surface area contributed by atoms with E-state index in [1.165, 1.54) is 6.92 Å². The minimum Gasteiger partial charge on any atom is -0.490 e. The van der Waals surface area contributed by atoms with E-state index in [1.807, 2.05) is 48.7 Å². The van der Waals surface area contributed by atoms with Crippen LogP contribution >= 0.6 is 23.4 Å². The molecule has 1 amide bonds. The highest BCUT2D eigenvalue weighted by Crippen LogP contribution is 2.53. The number of hydrogen-bond acceptors (Lipinski definition) is 12. The molecule has 2 aliphatic rings. The van der Waals surface area contributed by atoms with E-state index in [2.05, 4.69) is 11.1 Å². The monoisotopic (exact) mass is 806 g/mol. The van der Waals surface area contributed by atoms with E-state index < -0.39 is 52.4 Å². The Morgan fingerprint density at radius 2 is 1.78 bits per heavy atom. The molecule has 54 heavy (non-hydrogen) atoms. The zero-order valence-corrected chi connectivity index (χ0v) is 32.8. The molecule has 5 N–H and O–H groups in total. The number of aliphatic hydroxyl groups excluding tert-OH is 5. The Kier molecular flexibility index (Phi) is 15.2. The minimum absolute atomic E-state index is 0.116. The molecule has 2 aromatic carbocycles. The predicted octanol–water partition coefficient (Wildman–Crippen LogP) is 4.11. The Bertz CT molecular complexity index is 1810. The molecule has 5 rings (SSSR count). The minimum atomic E-state index is -3.43. The third kappa shape index (κ3) is 11.4. The summed E-state index contributed by atoms with van der Waals surface area (Å²) in [5.41, 5.74) is 3.54. The fraction of sp³-hybridized carbons (Fsp3) is 0.538. The van der Waals surface area contributed by atoms with Gasteiger partial charge in [-0.15, -0.1) is 11.8 Å². The van der Waals surface area contributed by atoms with Gasteiger partial charge in [-0.1, -0.05) is 43.1 Å². The number of sulfone groups is 1. The van der Waals surface area contributed by atoms with E-state index in [1.54, 1.807) is 18.0 Å². The van der Waals surface area contributed by atoms with Crippen LogP contribution in [0.5, 0.6) is 5.75 Å². The van der Waals surface area contributed by atoms with Crippen LogP contribution in [0.25, 0.3) is 11.1 Å². The van der Waals surface area contributed by atoms with Crippen LogP contribution in [0, 0.1) is 0 Å². The molecule has 2 fully saturated rings. The van der Waals surface area contributed by atoms with E-state index in [0.717, 1.165) is 75.7 Å². The Balaban J connectivity index is 1.14. The van der Waals surface area contributed by atoms with Crippen molar-refractivity contribution in [3.8, 4) is 16.9 Å². The summed E-state index contributed by atoms with van der Waals surface area (Å²) in [5.74, 6) is 0.220. The Morgan fingerprint density at radius 3 is 2.48 bits per heavy atom. The first-order valence-electron chi connectivity index (χ1n) is 18.5. The highest BCUT2D eigenvalue weighted by atomic mass is 35.5. The number of benzene rings is 2. The van der Waals surface area contributed by atoms with Gasteiger partial charge in [-0.25, -0.2) is 8.42 Å². The van der Waals surface area contributed by atoms with Crippen LogP contribution in [-0.2, 0) is 31.6 Å². The zero-order valence-electron chi connectivity index (χ0n) is 30.4. The molecular formula is C39H51ClN2O10S2. The average Bonchev–Trinajstić information content (AvgIpc) is 4.14. The van der Waals surface area contributed by atoms with Gasteiger partial charge in [0, 0.05) is 52.3 Å². The summed E-state index contributed by atoms with van der Waals surface area (Å²) in [6, 6.07) is 16.0. The lowest BCUT2D eigenvalue weighted by molar-refractivity contribution is -0.158. The van der Waals surface area contributed by atoms with Gasteiger partial charge in [-0.05, 0) is 85.7 Å². The van der Waals surface area contributed by atoms with Crippen LogP contribution in [0.1, 0.15) is 63.0 Å². The second kappa shape index (κ2) is 19.4. The second-order valence-electron chi connectivity index (χ2n) is 13.9. The molecule has 4 unspecified atom stereocenters. The molecule has 2 aliphatic carbocycles. The number of rotatable bonds is 23. The van der Waals surface area contributed by atoms with Crippen LogP contribution in [-0.4, -0.2) is 117 Å². The molecule has 0 bridgehead atoms. The van der Waals surface area contributed by atoms with Crippen molar-refractivity contribution < 1.29 is 48.2 Å². The second-order valence-corrected chi connectivity index (χ2v) is 18.0. The number of carbonyl (C=O) groups is 1. The van der Waals surface area contributed by atoms with Gasteiger partial charge < -0.3 is 39.9 Å². The Labute approximate surface area is 326 Å². The number of para-hydroxylation sites is 1. The lowest BCUT2D eigenvalue weighted by Gasteiger charge is -2.30. The number of aliphatic hydroxyl groups is 5. The number of nitrogens with zero attached hydrogens (tertiary/aromatic N) is 2. The summed E-state index contributed by atoms with van der Waals surface area (Å²) in [7, 11) is -3.43. The number of hydrogen-bond donors (Lipinski definition) is 5. The number of unbranched alkanes of at least 4 members (excludes halogenated alkanes) is 2. The third-order valence-corrected chi connectivity index (χ3v) is 12.9. The van der Waals surface area contributed by atoms with Crippen LogP contribution in [0.3, 0.4) is 0 Å². The standard InChI is InChI=1S/C39H51ClN2O10S2/c1-2-54(49,50)21-19-42(38(48)37(47)36(46)35(45)33(44)24-43)18-6-3-7-20-53-28-12-13-32(40)26(22-28)25-51-39(15-16-39)31-23-41-17-14-29(31)30-8-4-5-9-34(30)52-27-10-11-27/h4-5,8-9,12-14,17,22-23,27,33,35-37,43-47H,2-3,6-7,10-11,15-16,18-21,24-25H2,1H3. The molecule has 3 aromatic rings. The molecule has 0 radical (unpaired) electrons. The van der Waals surface area contributed by atoms with Crippen molar-refractivity contribution >= 4 is 39.1 Å². The molecule has 15 heteroatoms. The molecule has 0 aliphatic heterocycles. The lowest BCUT2D eigenvalue weighted by Crippen LogP contribution is -2.53. The number of carbonyl (C=O) groups excluding carboxylic acids is 1. The largest absolute Gasteiger partial charge is 0.490 e. The van der Waals surface area contributed by atoms with E-state index >= 15 is 0 Å². The van der Waals surface area contributed by atoms with Crippen molar-refractivity contribution in [1.82, 2.24) is 9.88 Å². The molecule has 0 spiro atoms. The van der Waals surface area contributed by atoms with Gasteiger partial charge in [0.25, 0.3) is 5.91 Å². The summed E-state index contributed by atoms with van der Waals surface area (Å²) in [6.45, 7) is 0.854. The van der Waals surface area contributed by atoms with Crippen molar-refractivity contribution in [1.29, 1.82) is 0 Å². The summed E-state index contributed by atoms with van der Waals surface area (Å²) >= 11 is 8.29. The van der Waals surface area contributed by atoms with Gasteiger partial charge in [-0.3, -0.25) is 9.78 Å². The van der Waals surface area contributed by atoms with Crippen molar-refractivity contribution in [2.45, 2.75) is 99.5 Å². The highest BCUT2D eigenvalue weighted by Gasteiger charge is 2.48. The van der Waals surface area contributed by atoms with E-state index in [4.69, 9.17) is 26.2 Å². The van der Waals surface area contributed by atoms with Crippen LogP contribution < -0.4 is 4.74 Å². The van der Waals surface area contributed by atoms with Crippen molar-refractivity contribution in [2.24, 2.45) is 0 Å². The summed E-state index contributed by atoms with van der Waals surface area (Å²) in [6.07, 6.45) is 1.89. The molecular weight excluding hydrogens is 756 g/mol. The van der Waals surface area contributed by atoms with Crippen LogP contribution in [0.2, 0.25) is 5.02 Å². The maximum absolute atomic E-state index is 13.0. The molecule has 1 heterocycles. The first-order valence-corrected chi connectivity index (χ1v) is 21.6. The van der Waals surface area contributed by atoms with Crippen LogP contribution in [0.15, 0.2) is 65.8 Å². The van der Waals surface area contributed by atoms with Gasteiger partial charge in [0.05, 0.1) is 30.7 Å². The van der Waals surface area contributed by atoms with E-state index in [-0.39, 0.29) is 30.7 Å². The van der Waals surface area contributed by atoms with Gasteiger partial charge >= 0.3 is 0 Å². The first-order chi connectivity index (χ1) is 25.9. The van der Waals surface area contributed by atoms with Crippen molar-refractivity contribution in [3.63, 3.8) is 0 Å². The molecule has 0 saturated heterocycles. The number of halogens is 1. The Morgan fingerprint density at radius 1 is 1.02 bits per heavy atom. The smallest absolute Gasteiger partial charge is 0.254 e. The molecule has 296 valence electrons. The maximum Gasteiger partial charge on any atom is 0.254 e. The number of amides is 1. The number of ether oxygens (including phenoxy) is 2. The normalized spacial score (nSPS) is 17.4. The molecule has 4 atom stereocenters. The van der Waals surface area contributed by atoms with Crippen molar-refractivity contribution in [2.75, 3.05) is 37.0 Å². The van der Waals surface area contributed by atoms with Gasteiger partial charge in [-0.2, -0.15) is 0 Å². The summed E-state index contributed by atoms with van der Waals surface area (Å²) in [4.78, 5) is 19.7. The number of aromatic nitrogens is 1. The van der Waals surface area contributed by atoms with E-state index in [0.29, 0.717) is 24.5 Å². The van der Waals surface area contributed by atoms with E-state index in [9.17, 15) is 33.6 Å². The summed E-state index contributed by atoms with van der Waals surface area (Å²) < 4.78 is 37.2. The van der Waals surface area contributed by atoms with Gasteiger partial charge in [0.2, 0.25) is 0 Å².